The second-order valence-electron chi connectivity index (χ2n) is 3.11. The number of nitrogens with zero attached hydrogens (tertiary/aromatic N) is 3. The van der Waals surface area contributed by atoms with Gasteiger partial charge in [0.05, 0.1) is 0 Å². The normalized spacial score (nSPS) is 10.0. The van der Waals surface area contributed by atoms with E-state index in [1.165, 1.54) is 17.1 Å². The first-order valence-electron chi connectivity index (χ1n) is 4.44. The van der Waals surface area contributed by atoms with E-state index in [2.05, 4.69) is 4.98 Å². The van der Waals surface area contributed by atoms with Gasteiger partial charge in [0.2, 0.25) is 6.33 Å². The zero-order valence-electron chi connectivity index (χ0n) is 8.11. The van der Waals surface area contributed by atoms with Crippen LogP contribution in [0, 0.1) is 10.1 Å². The van der Waals surface area contributed by atoms with Gasteiger partial charge >= 0.3 is 5.82 Å². The fourth-order valence-corrected chi connectivity index (χ4v) is 1.27. The highest BCUT2D eigenvalue weighted by Crippen LogP contribution is 2.13. The first-order chi connectivity index (χ1) is 7.70. The number of carbonyl (C=O) groups is 1. The Balaban J connectivity index is 2.35. The molecule has 0 radical (unpaired) electrons. The Bertz CT molecular complexity index is 530. The molecule has 0 amide bonds. The number of aldehydes is 1. The van der Waals surface area contributed by atoms with Crippen molar-refractivity contribution in [2.24, 2.45) is 0 Å². The number of aromatic nitrogens is 2. The van der Waals surface area contributed by atoms with Crippen molar-refractivity contribution in [1.29, 1.82) is 0 Å². The Hall–Kier alpha value is -2.50. The second-order valence-corrected chi connectivity index (χ2v) is 3.11. The van der Waals surface area contributed by atoms with Crippen molar-refractivity contribution in [3.05, 3.63) is 52.5 Å². The summed E-state index contributed by atoms with van der Waals surface area (Å²) in [7, 11) is 0. The predicted octanol–water partition coefficient (Wildman–Crippen LogP) is 1.59. The van der Waals surface area contributed by atoms with E-state index in [1.54, 1.807) is 24.3 Å². The molecule has 0 atom stereocenters. The van der Waals surface area contributed by atoms with Crippen LogP contribution in [0.5, 0.6) is 0 Å². The van der Waals surface area contributed by atoms with E-state index in [-0.39, 0.29) is 5.82 Å². The topological polar surface area (TPSA) is 78.0 Å². The van der Waals surface area contributed by atoms with Gasteiger partial charge in [-0.1, -0.05) is 0 Å². The first kappa shape index (κ1) is 10.0. The van der Waals surface area contributed by atoms with Crippen LogP contribution in [0.3, 0.4) is 0 Å². The first-order valence-corrected chi connectivity index (χ1v) is 4.44. The number of hydrogen-bond donors (Lipinski definition) is 0. The summed E-state index contributed by atoms with van der Waals surface area (Å²) >= 11 is 0. The molecule has 16 heavy (non-hydrogen) atoms. The lowest BCUT2D eigenvalue weighted by atomic mass is 10.2. The minimum Gasteiger partial charge on any atom is -0.358 e. The largest absolute Gasteiger partial charge is 0.381 e. The third-order valence-corrected chi connectivity index (χ3v) is 2.08. The highest BCUT2D eigenvalue weighted by Gasteiger charge is 2.10. The van der Waals surface area contributed by atoms with Crippen molar-refractivity contribution in [2.75, 3.05) is 0 Å². The van der Waals surface area contributed by atoms with Gasteiger partial charge in [0.15, 0.2) is 0 Å². The van der Waals surface area contributed by atoms with Crippen molar-refractivity contribution in [1.82, 2.24) is 9.55 Å². The molecule has 1 heterocycles. The minimum atomic E-state index is -0.559. The maximum absolute atomic E-state index is 10.4. The van der Waals surface area contributed by atoms with Crippen LogP contribution in [0.1, 0.15) is 10.4 Å². The molecule has 0 saturated carbocycles. The molecule has 0 spiro atoms. The van der Waals surface area contributed by atoms with E-state index >= 15 is 0 Å². The maximum atomic E-state index is 10.4. The lowest BCUT2D eigenvalue weighted by Gasteiger charge is -1.99. The Kier molecular flexibility index (Phi) is 2.47. The summed E-state index contributed by atoms with van der Waals surface area (Å²) in [5, 5.41) is 10.4. The molecule has 2 rings (SSSR count). The highest BCUT2D eigenvalue weighted by atomic mass is 16.6. The molecular formula is C10H7N3O3. The molecule has 0 N–H and O–H groups in total. The number of imidazole rings is 1. The molecule has 0 aliphatic heterocycles. The summed E-state index contributed by atoms with van der Waals surface area (Å²) in [5.41, 5.74) is 1.27. The number of benzene rings is 1. The number of nitro groups is 1. The molecule has 0 bridgehead atoms. The molecule has 1 aromatic heterocycles. The van der Waals surface area contributed by atoms with Gasteiger partial charge in [-0.25, -0.2) is 0 Å². The van der Waals surface area contributed by atoms with E-state index < -0.39 is 4.92 Å². The lowest BCUT2D eigenvalue weighted by Crippen LogP contribution is -1.90. The molecule has 0 unspecified atom stereocenters. The monoisotopic (exact) mass is 217 g/mol. The summed E-state index contributed by atoms with van der Waals surface area (Å²) in [6.45, 7) is 0. The van der Waals surface area contributed by atoms with Crippen molar-refractivity contribution in [2.45, 2.75) is 0 Å². The Morgan fingerprint density at radius 1 is 1.31 bits per heavy atom. The van der Waals surface area contributed by atoms with E-state index in [9.17, 15) is 14.9 Å². The zero-order valence-corrected chi connectivity index (χ0v) is 8.11. The molecule has 6 heteroatoms. The van der Waals surface area contributed by atoms with E-state index in [0.29, 0.717) is 11.3 Å². The average molecular weight is 217 g/mol. The van der Waals surface area contributed by atoms with Gasteiger partial charge in [0.25, 0.3) is 0 Å². The number of hydrogen-bond acceptors (Lipinski definition) is 4. The summed E-state index contributed by atoms with van der Waals surface area (Å²) in [4.78, 5) is 23.9. The Morgan fingerprint density at radius 3 is 2.50 bits per heavy atom. The van der Waals surface area contributed by atoms with Crippen LogP contribution in [-0.2, 0) is 0 Å². The smallest absolute Gasteiger partial charge is 0.358 e. The SMILES string of the molecule is O=Cc1ccc(-n2cnc([N+](=O)[O-])c2)cc1. The molecule has 0 aliphatic rings. The van der Waals surface area contributed by atoms with E-state index in [4.69, 9.17) is 0 Å². The van der Waals surface area contributed by atoms with Crippen LogP contribution >= 0.6 is 0 Å². The van der Waals surface area contributed by atoms with Gasteiger partial charge in [-0.3, -0.25) is 9.36 Å². The number of rotatable bonds is 3. The van der Waals surface area contributed by atoms with E-state index in [0.717, 1.165) is 6.29 Å². The molecule has 0 aliphatic carbocycles. The van der Waals surface area contributed by atoms with E-state index in [1.807, 2.05) is 0 Å². The molecule has 0 saturated heterocycles. The van der Waals surface area contributed by atoms with Crippen LogP contribution < -0.4 is 0 Å². The third kappa shape index (κ3) is 1.81. The fourth-order valence-electron chi connectivity index (χ4n) is 1.27. The van der Waals surface area contributed by atoms with Crippen molar-refractivity contribution >= 4 is 12.1 Å². The average Bonchev–Trinajstić information content (AvgIpc) is 2.78. The maximum Gasteiger partial charge on any atom is 0.381 e. The standard InChI is InChI=1S/C10H7N3O3/c14-6-8-1-3-9(4-2-8)12-5-10(11-7-12)13(15)16/h1-7H. The molecule has 80 valence electrons. The quantitative estimate of drug-likeness (QED) is 0.444. The third-order valence-electron chi connectivity index (χ3n) is 2.08. The molecule has 6 nitrogen and oxygen atoms in total. The van der Waals surface area contributed by atoms with Crippen LogP contribution in [-0.4, -0.2) is 20.8 Å². The van der Waals surface area contributed by atoms with Gasteiger partial charge in [-0.05, 0) is 34.2 Å². The van der Waals surface area contributed by atoms with Gasteiger partial charge in [0, 0.05) is 11.3 Å². The van der Waals surface area contributed by atoms with Crippen molar-refractivity contribution in [3.63, 3.8) is 0 Å². The van der Waals surface area contributed by atoms with Crippen LogP contribution in [0.15, 0.2) is 36.8 Å². The van der Waals surface area contributed by atoms with Gasteiger partial charge < -0.3 is 10.1 Å². The van der Waals surface area contributed by atoms with Crippen LogP contribution in [0.4, 0.5) is 5.82 Å². The summed E-state index contributed by atoms with van der Waals surface area (Å²) < 4.78 is 1.52. The van der Waals surface area contributed by atoms with Crippen molar-refractivity contribution in [3.8, 4) is 5.69 Å². The molecular weight excluding hydrogens is 210 g/mol. The van der Waals surface area contributed by atoms with Gasteiger partial charge in [-0.15, -0.1) is 0 Å². The van der Waals surface area contributed by atoms with Crippen LogP contribution in [0.2, 0.25) is 0 Å². The van der Waals surface area contributed by atoms with Crippen molar-refractivity contribution < 1.29 is 9.72 Å². The minimum absolute atomic E-state index is 0.209. The zero-order chi connectivity index (χ0) is 11.5. The summed E-state index contributed by atoms with van der Waals surface area (Å²) in [6.07, 6.45) is 3.41. The lowest BCUT2D eigenvalue weighted by molar-refractivity contribution is -0.389. The molecule has 0 fully saturated rings. The summed E-state index contributed by atoms with van der Waals surface area (Å²) in [5.74, 6) is -0.209. The molecule has 1 aromatic carbocycles. The Labute approximate surface area is 90.3 Å². The van der Waals surface area contributed by atoms with Gasteiger partial charge in [0.1, 0.15) is 12.5 Å². The second kappa shape index (κ2) is 3.93. The molecule has 2 aromatic rings. The highest BCUT2D eigenvalue weighted by molar-refractivity contribution is 5.75. The summed E-state index contributed by atoms with van der Waals surface area (Å²) in [6, 6.07) is 6.65. The fraction of sp³-hybridized carbons (Fsp3) is 0. The Morgan fingerprint density at radius 2 is 2.00 bits per heavy atom. The van der Waals surface area contributed by atoms with Gasteiger partial charge in [-0.2, -0.15) is 0 Å². The number of carbonyl (C=O) groups excluding carboxylic acids is 1. The van der Waals surface area contributed by atoms with Crippen LogP contribution in [0.25, 0.3) is 5.69 Å². The predicted molar refractivity (Wildman–Crippen MR) is 55.6 cm³/mol.